The molecule has 0 amide bonds. The summed E-state index contributed by atoms with van der Waals surface area (Å²) in [5, 5.41) is 4.48. The van der Waals surface area contributed by atoms with Crippen LogP contribution >= 0.6 is 11.3 Å². The van der Waals surface area contributed by atoms with Crippen LogP contribution in [0.15, 0.2) is 30.5 Å². The number of nitrogens with one attached hydrogen (secondary N) is 1. The quantitative estimate of drug-likeness (QED) is 0.613. The van der Waals surface area contributed by atoms with Gasteiger partial charge in [-0.1, -0.05) is 13.0 Å². The van der Waals surface area contributed by atoms with E-state index in [0.717, 1.165) is 40.9 Å². The minimum atomic E-state index is 0.504. The predicted octanol–water partition coefficient (Wildman–Crippen LogP) is 4.30. The monoisotopic (exact) mass is 395 g/mol. The van der Waals surface area contributed by atoms with Crippen LogP contribution in [-0.4, -0.2) is 26.5 Å². The fourth-order valence-electron chi connectivity index (χ4n) is 3.29. The Morgan fingerprint density at radius 3 is 2.82 bits per heavy atom. The molecule has 6 nitrogen and oxygen atoms in total. The number of hydrogen-bond acceptors (Lipinski definition) is 7. The van der Waals surface area contributed by atoms with E-state index in [2.05, 4.69) is 38.2 Å². The lowest BCUT2D eigenvalue weighted by Crippen LogP contribution is -2.08. The average Bonchev–Trinajstić information content (AvgIpc) is 3.42. The van der Waals surface area contributed by atoms with Crippen molar-refractivity contribution in [2.24, 2.45) is 5.92 Å². The molecule has 1 aliphatic rings. The van der Waals surface area contributed by atoms with Crippen molar-refractivity contribution >= 4 is 17.2 Å². The summed E-state index contributed by atoms with van der Waals surface area (Å²) < 4.78 is 6.02. The Morgan fingerprint density at radius 1 is 1.21 bits per heavy atom. The van der Waals surface area contributed by atoms with Gasteiger partial charge in [-0.2, -0.15) is 4.98 Å². The molecular weight excluding hydrogens is 370 g/mol. The van der Waals surface area contributed by atoms with Crippen molar-refractivity contribution in [3.8, 4) is 5.88 Å². The lowest BCUT2D eigenvalue weighted by molar-refractivity contribution is 0.284. The zero-order valence-corrected chi connectivity index (χ0v) is 17.3. The van der Waals surface area contributed by atoms with E-state index in [1.54, 1.807) is 11.3 Å². The smallest absolute Gasteiger partial charge is 0.218 e. The van der Waals surface area contributed by atoms with Crippen LogP contribution in [0.2, 0.25) is 0 Å². The molecule has 3 aromatic heterocycles. The van der Waals surface area contributed by atoms with Gasteiger partial charge < -0.3 is 10.1 Å². The topological polar surface area (TPSA) is 72.8 Å². The van der Waals surface area contributed by atoms with E-state index in [9.17, 15) is 0 Å². The minimum Gasteiger partial charge on any atom is -0.477 e. The maximum Gasteiger partial charge on any atom is 0.218 e. The molecule has 0 radical (unpaired) electrons. The summed E-state index contributed by atoms with van der Waals surface area (Å²) >= 11 is 1.71. The first kappa shape index (κ1) is 18.8. The summed E-state index contributed by atoms with van der Waals surface area (Å²) in [6.07, 6.45) is 3.75. The number of hydrogen-bond donors (Lipinski definition) is 1. The molecule has 0 aromatic carbocycles. The van der Waals surface area contributed by atoms with Crippen molar-refractivity contribution in [2.45, 2.75) is 46.1 Å². The molecular formula is C21H25N5OS. The van der Waals surface area contributed by atoms with Crippen molar-refractivity contribution in [3.05, 3.63) is 57.6 Å². The number of rotatable bonds is 8. The summed E-state index contributed by atoms with van der Waals surface area (Å²) in [4.78, 5) is 19.3. The lowest BCUT2D eigenvalue weighted by Gasteiger charge is -2.10. The van der Waals surface area contributed by atoms with Gasteiger partial charge in [-0.25, -0.2) is 9.97 Å². The third kappa shape index (κ3) is 4.47. The molecule has 3 heterocycles. The fourth-order valence-corrected chi connectivity index (χ4v) is 4.16. The molecule has 28 heavy (non-hydrogen) atoms. The SMILES string of the molecule is CCc1nc(NCc2sc(C)nc2C)cc(OCC2CC2c2ccccn2)n1. The second kappa shape index (κ2) is 8.22. The number of ether oxygens (including phenoxy) is 1. The lowest BCUT2D eigenvalue weighted by atomic mass is 10.2. The molecule has 1 aliphatic carbocycles. The van der Waals surface area contributed by atoms with E-state index in [4.69, 9.17) is 4.74 Å². The zero-order chi connectivity index (χ0) is 19.5. The van der Waals surface area contributed by atoms with Gasteiger partial charge in [-0.05, 0) is 32.4 Å². The molecule has 0 aliphatic heterocycles. The molecule has 1 saturated carbocycles. The van der Waals surface area contributed by atoms with Crippen molar-refractivity contribution < 1.29 is 4.74 Å². The van der Waals surface area contributed by atoms with E-state index in [-0.39, 0.29) is 0 Å². The Labute approximate surface area is 169 Å². The summed E-state index contributed by atoms with van der Waals surface area (Å²) in [5.41, 5.74) is 2.23. The second-order valence-electron chi connectivity index (χ2n) is 7.12. The molecule has 1 N–H and O–H groups in total. The third-order valence-electron chi connectivity index (χ3n) is 4.93. The summed E-state index contributed by atoms with van der Waals surface area (Å²) in [7, 11) is 0. The first-order valence-electron chi connectivity index (χ1n) is 9.71. The normalized spacial score (nSPS) is 18.1. The van der Waals surface area contributed by atoms with Crippen LogP contribution in [0.3, 0.4) is 0 Å². The van der Waals surface area contributed by atoms with Gasteiger partial charge in [0.25, 0.3) is 0 Å². The third-order valence-corrected chi connectivity index (χ3v) is 6.00. The van der Waals surface area contributed by atoms with E-state index in [1.807, 2.05) is 38.2 Å². The van der Waals surface area contributed by atoms with Gasteiger partial charge in [0.15, 0.2) is 0 Å². The Hall–Kier alpha value is -2.54. The van der Waals surface area contributed by atoms with Gasteiger partial charge >= 0.3 is 0 Å². The van der Waals surface area contributed by atoms with E-state index in [1.165, 1.54) is 4.88 Å². The number of pyridine rings is 1. The van der Waals surface area contributed by atoms with Gasteiger partial charge in [0.2, 0.25) is 5.88 Å². The molecule has 2 unspecified atom stereocenters. The number of thiazole rings is 1. The fraction of sp³-hybridized carbons (Fsp3) is 0.429. The van der Waals surface area contributed by atoms with Crippen LogP contribution in [0, 0.1) is 19.8 Å². The Balaban J connectivity index is 1.37. The number of aromatic nitrogens is 4. The highest BCUT2D eigenvalue weighted by molar-refractivity contribution is 7.11. The van der Waals surface area contributed by atoms with Gasteiger partial charge in [0.1, 0.15) is 11.6 Å². The highest BCUT2D eigenvalue weighted by Gasteiger charge is 2.39. The number of aryl methyl sites for hydroxylation is 3. The Kier molecular flexibility index (Phi) is 5.52. The van der Waals surface area contributed by atoms with Gasteiger partial charge in [-0.3, -0.25) is 4.98 Å². The highest BCUT2D eigenvalue weighted by atomic mass is 32.1. The van der Waals surface area contributed by atoms with Crippen molar-refractivity contribution in [2.75, 3.05) is 11.9 Å². The molecule has 0 bridgehead atoms. The van der Waals surface area contributed by atoms with E-state index < -0.39 is 0 Å². The second-order valence-corrected chi connectivity index (χ2v) is 8.41. The highest BCUT2D eigenvalue weighted by Crippen LogP contribution is 2.46. The summed E-state index contributed by atoms with van der Waals surface area (Å²) in [6, 6.07) is 7.98. The number of nitrogens with zero attached hydrogens (tertiary/aromatic N) is 4. The van der Waals surface area contributed by atoms with Gasteiger partial charge in [0, 0.05) is 41.1 Å². The van der Waals surface area contributed by atoms with Crippen LogP contribution in [-0.2, 0) is 13.0 Å². The summed E-state index contributed by atoms with van der Waals surface area (Å²) in [6.45, 7) is 7.50. The molecule has 0 saturated heterocycles. The van der Waals surface area contributed by atoms with Crippen LogP contribution in [0.25, 0.3) is 0 Å². The maximum absolute atomic E-state index is 6.02. The molecule has 2 atom stereocenters. The number of anilines is 1. The van der Waals surface area contributed by atoms with Crippen LogP contribution < -0.4 is 10.1 Å². The van der Waals surface area contributed by atoms with E-state index >= 15 is 0 Å². The first-order valence-corrected chi connectivity index (χ1v) is 10.5. The Bertz CT molecular complexity index is 943. The zero-order valence-electron chi connectivity index (χ0n) is 16.5. The van der Waals surface area contributed by atoms with E-state index in [0.29, 0.717) is 30.9 Å². The minimum absolute atomic E-state index is 0.504. The molecule has 4 rings (SSSR count). The van der Waals surface area contributed by atoms with Gasteiger partial charge in [-0.15, -0.1) is 11.3 Å². The first-order chi connectivity index (χ1) is 13.6. The van der Waals surface area contributed by atoms with Crippen molar-refractivity contribution in [1.82, 2.24) is 19.9 Å². The Morgan fingerprint density at radius 2 is 2.11 bits per heavy atom. The molecule has 7 heteroatoms. The van der Waals surface area contributed by atoms with Crippen LogP contribution in [0.4, 0.5) is 5.82 Å². The van der Waals surface area contributed by atoms with Crippen molar-refractivity contribution in [3.63, 3.8) is 0 Å². The predicted molar refractivity (Wildman–Crippen MR) is 111 cm³/mol. The molecule has 146 valence electrons. The largest absolute Gasteiger partial charge is 0.477 e. The summed E-state index contributed by atoms with van der Waals surface area (Å²) in [5.74, 6) is 3.23. The molecule has 1 fully saturated rings. The van der Waals surface area contributed by atoms with Gasteiger partial charge in [0.05, 0.1) is 23.9 Å². The molecule has 0 spiro atoms. The standard InChI is InChI=1S/C21H25N5OS/c1-4-19-25-20(23-11-18-13(2)24-14(3)28-18)10-21(26-19)27-12-15-9-16(15)17-7-5-6-8-22-17/h5-8,10,15-16H,4,9,11-12H2,1-3H3,(H,23,25,26). The van der Waals surface area contributed by atoms with Crippen LogP contribution in [0.5, 0.6) is 5.88 Å². The average molecular weight is 396 g/mol. The van der Waals surface area contributed by atoms with Crippen LogP contribution in [0.1, 0.15) is 46.4 Å². The molecule has 3 aromatic rings. The van der Waals surface area contributed by atoms with Crippen molar-refractivity contribution in [1.29, 1.82) is 0 Å². The maximum atomic E-state index is 6.02.